The van der Waals surface area contributed by atoms with Gasteiger partial charge in [-0.05, 0) is 25.0 Å². The Kier molecular flexibility index (Phi) is 6.82. The topological polar surface area (TPSA) is 139 Å². The Balaban J connectivity index is 2.08. The third-order valence-corrected chi connectivity index (χ3v) is 5.64. The summed E-state index contributed by atoms with van der Waals surface area (Å²) in [6.07, 6.45) is 0. The van der Waals surface area contributed by atoms with Gasteiger partial charge < -0.3 is 9.47 Å². The summed E-state index contributed by atoms with van der Waals surface area (Å²) < 4.78 is 10.4. The van der Waals surface area contributed by atoms with Gasteiger partial charge >= 0.3 is 11.9 Å². The van der Waals surface area contributed by atoms with E-state index in [1.165, 1.54) is 24.3 Å². The van der Waals surface area contributed by atoms with Crippen LogP contribution in [0.25, 0.3) is 0 Å². The number of rotatable bonds is 8. The Morgan fingerprint density at radius 1 is 0.719 bits per heavy atom. The normalized spacial score (nSPS) is 21.8. The second-order valence-corrected chi connectivity index (χ2v) is 7.30. The summed E-state index contributed by atoms with van der Waals surface area (Å²) in [5.74, 6) is -3.87. The highest BCUT2D eigenvalue weighted by Gasteiger charge is 2.59. The Bertz CT molecular complexity index is 936. The van der Waals surface area contributed by atoms with E-state index in [4.69, 9.17) is 9.47 Å². The van der Waals surface area contributed by atoms with Gasteiger partial charge in [0.05, 0.1) is 34.9 Å². The van der Waals surface area contributed by atoms with E-state index in [0.717, 1.165) is 0 Å². The lowest BCUT2D eigenvalue weighted by Crippen LogP contribution is -2.52. The molecule has 2 aromatic carbocycles. The van der Waals surface area contributed by atoms with Crippen LogP contribution >= 0.6 is 0 Å². The van der Waals surface area contributed by atoms with Crippen LogP contribution in [0.2, 0.25) is 0 Å². The zero-order chi connectivity index (χ0) is 23.4. The van der Waals surface area contributed by atoms with Gasteiger partial charge in [0.15, 0.2) is 0 Å². The standard InChI is InChI=1S/C22H22N2O8/c1-3-31-21(25)19-17(13-5-9-15(10-6-13)23(27)28)18(20(19)22(26)32-4-2)14-7-11-16(12-8-14)24(29)30/h5-12,17-20H,3-4H2,1-2H3/t17-,18-,19+,20+/m1/s1. The maximum Gasteiger partial charge on any atom is 0.310 e. The van der Waals surface area contributed by atoms with Crippen molar-refractivity contribution in [3.05, 3.63) is 79.9 Å². The number of nitro groups is 2. The molecule has 0 saturated heterocycles. The zero-order valence-electron chi connectivity index (χ0n) is 17.5. The highest BCUT2D eigenvalue weighted by molar-refractivity contribution is 5.87. The number of esters is 2. The van der Waals surface area contributed by atoms with Crippen molar-refractivity contribution >= 4 is 23.3 Å². The van der Waals surface area contributed by atoms with Crippen LogP contribution in [0.4, 0.5) is 11.4 Å². The number of nitrogens with zero attached hydrogens (tertiary/aromatic N) is 2. The summed E-state index contributed by atoms with van der Waals surface area (Å²) in [4.78, 5) is 46.6. The van der Waals surface area contributed by atoms with Crippen molar-refractivity contribution < 1.29 is 28.9 Å². The molecule has 4 atom stereocenters. The van der Waals surface area contributed by atoms with Gasteiger partial charge in [-0.15, -0.1) is 0 Å². The van der Waals surface area contributed by atoms with Crippen LogP contribution in [-0.4, -0.2) is 35.0 Å². The molecule has 0 amide bonds. The fourth-order valence-electron chi connectivity index (χ4n) is 4.28. The monoisotopic (exact) mass is 442 g/mol. The van der Waals surface area contributed by atoms with Crippen molar-refractivity contribution in [2.75, 3.05) is 13.2 Å². The summed E-state index contributed by atoms with van der Waals surface area (Å²) in [5.41, 5.74) is 1.04. The quantitative estimate of drug-likeness (QED) is 0.342. The Labute approximate surface area is 183 Å². The molecule has 10 heteroatoms. The fraction of sp³-hybridized carbons (Fsp3) is 0.364. The van der Waals surface area contributed by atoms with Crippen LogP contribution in [0.5, 0.6) is 0 Å². The molecular weight excluding hydrogens is 420 g/mol. The maximum atomic E-state index is 12.8. The lowest BCUT2D eigenvalue weighted by molar-refractivity contribution is -0.385. The van der Waals surface area contributed by atoms with E-state index in [9.17, 15) is 29.8 Å². The number of carbonyl (C=O) groups is 2. The minimum Gasteiger partial charge on any atom is -0.466 e. The first kappa shape index (κ1) is 22.9. The summed E-state index contributed by atoms with van der Waals surface area (Å²) in [6.45, 7) is 3.56. The van der Waals surface area contributed by atoms with Crippen molar-refractivity contribution in [1.82, 2.24) is 0 Å². The molecule has 0 aromatic heterocycles. The maximum absolute atomic E-state index is 12.8. The van der Waals surface area contributed by atoms with Crippen LogP contribution < -0.4 is 0 Å². The van der Waals surface area contributed by atoms with E-state index in [-0.39, 0.29) is 24.6 Å². The van der Waals surface area contributed by atoms with Gasteiger partial charge in [-0.2, -0.15) is 0 Å². The van der Waals surface area contributed by atoms with Gasteiger partial charge in [0, 0.05) is 36.1 Å². The Hall–Kier alpha value is -3.82. The lowest BCUT2D eigenvalue weighted by Gasteiger charge is -2.49. The van der Waals surface area contributed by atoms with Crippen LogP contribution in [0.3, 0.4) is 0 Å². The number of non-ortho nitro benzene ring substituents is 2. The smallest absolute Gasteiger partial charge is 0.310 e. The molecule has 0 bridgehead atoms. The first-order valence-electron chi connectivity index (χ1n) is 10.1. The molecule has 0 unspecified atom stereocenters. The van der Waals surface area contributed by atoms with E-state index in [2.05, 4.69) is 0 Å². The molecule has 168 valence electrons. The molecule has 2 aromatic rings. The molecule has 0 radical (unpaired) electrons. The summed E-state index contributed by atoms with van der Waals surface area (Å²) in [5, 5.41) is 22.0. The van der Waals surface area contributed by atoms with E-state index < -0.39 is 45.5 Å². The minimum absolute atomic E-state index is 0.102. The van der Waals surface area contributed by atoms with Crippen molar-refractivity contribution in [3.63, 3.8) is 0 Å². The highest BCUT2D eigenvalue weighted by Crippen LogP contribution is 2.58. The SMILES string of the molecule is CCOC(=O)[C@@H]1[C@@H](C(=O)OCC)[C@H](c2ccc([N+](=O)[O-])cc2)[C@H]1c1ccc([N+](=O)[O-])cc1. The number of nitro benzene ring substituents is 2. The molecule has 1 aliphatic rings. The fourth-order valence-corrected chi connectivity index (χ4v) is 4.28. The van der Waals surface area contributed by atoms with Crippen LogP contribution in [0.15, 0.2) is 48.5 Å². The second-order valence-electron chi connectivity index (χ2n) is 7.30. The molecule has 0 heterocycles. The third kappa shape index (κ3) is 4.29. The van der Waals surface area contributed by atoms with Crippen LogP contribution in [0.1, 0.15) is 36.8 Å². The Morgan fingerprint density at radius 2 is 1.03 bits per heavy atom. The van der Waals surface area contributed by atoms with Crippen molar-refractivity contribution in [3.8, 4) is 0 Å². The van der Waals surface area contributed by atoms with Gasteiger partial charge in [0.25, 0.3) is 11.4 Å². The van der Waals surface area contributed by atoms with Crippen molar-refractivity contribution in [2.24, 2.45) is 11.8 Å². The molecule has 10 nitrogen and oxygen atoms in total. The first-order valence-corrected chi connectivity index (χ1v) is 10.1. The number of carbonyl (C=O) groups excluding carboxylic acids is 2. The highest BCUT2D eigenvalue weighted by atomic mass is 16.6. The van der Waals surface area contributed by atoms with E-state index >= 15 is 0 Å². The predicted octanol–water partition coefficient (Wildman–Crippen LogP) is 3.74. The molecule has 1 fully saturated rings. The van der Waals surface area contributed by atoms with Gasteiger partial charge in [-0.1, -0.05) is 24.3 Å². The lowest BCUT2D eigenvalue weighted by atomic mass is 9.52. The van der Waals surface area contributed by atoms with E-state index in [1.54, 1.807) is 38.1 Å². The molecule has 32 heavy (non-hydrogen) atoms. The van der Waals surface area contributed by atoms with Gasteiger partial charge in [-0.3, -0.25) is 29.8 Å². The first-order chi connectivity index (χ1) is 15.3. The van der Waals surface area contributed by atoms with Gasteiger partial charge in [-0.25, -0.2) is 0 Å². The number of ether oxygens (including phenoxy) is 2. The average Bonchev–Trinajstić information content (AvgIpc) is 2.74. The molecule has 0 N–H and O–H groups in total. The number of benzene rings is 2. The predicted molar refractivity (Wildman–Crippen MR) is 112 cm³/mol. The van der Waals surface area contributed by atoms with Crippen LogP contribution in [-0.2, 0) is 19.1 Å². The molecule has 1 aliphatic carbocycles. The molecule has 3 rings (SSSR count). The zero-order valence-corrected chi connectivity index (χ0v) is 17.5. The molecular formula is C22H22N2O8. The summed E-state index contributed by atoms with van der Waals surface area (Å²) in [7, 11) is 0. The number of hydrogen-bond donors (Lipinski definition) is 0. The van der Waals surface area contributed by atoms with Crippen molar-refractivity contribution in [2.45, 2.75) is 25.7 Å². The molecule has 1 saturated carbocycles. The minimum atomic E-state index is -0.851. The molecule has 0 aliphatic heterocycles. The van der Waals surface area contributed by atoms with Crippen molar-refractivity contribution in [1.29, 1.82) is 0 Å². The van der Waals surface area contributed by atoms with Crippen LogP contribution in [0, 0.1) is 32.1 Å². The summed E-state index contributed by atoms with van der Waals surface area (Å²) in [6, 6.07) is 11.5. The third-order valence-electron chi connectivity index (χ3n) is 5.64. The summed E-state index contributed by atoms with van der Waals surface area (Å²) >= 11 is 0. The Morgan fingerprint density at radius 3 is 1.28 bits per heavy atom. The second kappa shape index (κ2) is 9.54. The van der Waals surface area contributed by atoms with Gasteiger partial charge in [0.1, 0.15) is 0 Å². The van der Waals surface area contributed by atoms with E-state index in [1.807, 2.05) is 0 Å². The van der Waals surface area contributed by atoms with Gasteiger partial charge in [0.2, 0.25) is 0 Å². The van der Waals surface area contributed by atoms with E-state index in [0.29, 0.717) is 11.1 Å². The molecule has 0 spiro atoms. The average molecular weight is 442 g/mol. The largest absolute Gasteiger partial charge is 0.466 e. The number of hydrogen-bond acceptors (Lipinski definition) is 8.